The van der Waals surface area contributed by atoms with E-state index in [1.807, 2.05) is 37.4 Å². The third-order valence-electron chi connectivity index (χ3n) is 5.27. The Labute approximate surface area is 198 Å². The van der Waals surface area contributed by atoms with Crippen molar-refractivity contribution in [2.45, 2.75) is 32.6 Å². The second-order valence-corrected chi connectivity index (χ2v) is 7.54. The number of carbonyl (C=O) groups excluding carboxylic acids is 1. The van der Waals surface area contributed by atoms with Crippen molar-refractivity contribution in [3.63, 3.8) is 0 Å². The highest BCUT2D eigenvalue weighted by atomic mass is 127. The Bertz CT molecular complexity index is 621. The number of rotatable bonds is 11. The minimum Gasteiger partial charge on any atom is -0.492 e. The molecule has 1 amide bonds. The summed E-state index contributed by atoms with van der Waals surface area (Å²) in [7, 11) is 2.04. The van der Waals surface area contributed by atoms with E-state index < -0.39 is 0 Å². The number of para-hydroxylation sites is 1. The maximum absolute atomic E-state index is 11.2. The van der Waals surface area contributed by atoms with Crippen molar-refractivity contribution >= 4 is 35.8 Å². The summed E-state index contributed by atoms with van der Waals surface area (Å²) in [5.74, 6) is 1.74. The Hall–Kier alpha value is -1.55. The highest BCUT2D eigenvalue weighted by Gasteiger charge is 2.22. The number of ether oxygens (including phenoxy) is 1. The van der Waals surface area contributed by atoms with Gasteiger partial charge >= 0.3 is 0 Å². The molecule has 2 rings (SSSR count). The largest absolute Gasteiger partial charge is 0.492 e. The van der Waals surface area contributed by atoms with Crippen LogP contribution >= 0.6 is 24.0 Å². The van der Waals surface area contributed by atoms with Gasteiger partial charge in [0.2, 0.25) is 5.91 Å². The van der Waals surface area contributed by atoms with Crippen molar-refractivity contribution in [3.8, 4) is 5.75 Å². The number of nitrogens with two attached hydrogens (primary N) is 1. The normalized spacial score (nSPS) is 15.3. The number of nitrogens with zero attached hydrogens (tertiary/aromatic N) is 3. The number of guanidine groups is 1. The number of unbranched alkanes of at least 4 members (excludes halogenated alkanes) is 1. The summed E-state index contributed by atoms with van der Waals surface area (Å²) >= 11 is 0. The molecule has 0 aliphatic carbocycles. The number of primary amides is 1. The molecule has 3 N–H and O–H groups in total. The van der Waals surface area contributed by atoms with Crippen LogP contribution in [-0.2, 0) is 4.79 Å². The number of carbonyl (C=O) groups is 1. The molecule has 0 bridgehead atoms. The van der Waals surface area contributed by atoms with Crippen LogP contribution in [0.2, 0.25) is 0 Å². The van der Waals surface area contributed by atoms with Crippen molar-refractivity contribution in [2.75, 3.05) is 52.9 Å². The molecule has 1 fully saturated rings. The number of halogens is 1. The first kappa shape index (κ1) is 26.5. The first-order chi connectivity index (χ1) is 14.1. The molecule has 0 spiro atoms. The van der Waals surface area contributed by atoms with Gasteiger partial charge < -0.3 is 25.6 Å². The zero-order valence-corrected chi connectivity index (χ0v) is 20.7. The molecular weight excluding hydrogens is 493 g/mol. The summed E-state index contributed by atoms with van der Waals surface area (Å²) in [4.78, 5) is 20.5. The minimum atomic E-state index is -0.145. The van der Waals surface area contributed by atoms with Crippen molar-refractivity contribution < 1.29 is 9.53 Å². The lowest BCUT2D eigenvalue weighted by molar-refractivity contribution is -0.123. The number of aliphatic imine (C=N–C) groups is 1. The Morgan fingerprint density at radius 3 is 2.60 bits per heavy atom. The van der Waals surface area contributed by atoms with Gasteiger partial charge in [-0.15, -0.1) is 24.0 Å². The molecule has 1 aromatic rings. The fourth-order valence-corrected chi connectivity index (χ4v) is 3.47. The number of likely N-dealkylation sites (N-methyl/N-ethyl adjacent to an activating group) is 1. The van der Waals surface area contributed by atoms with Gasteiger partial charge in [0.05, 0.1) is 6.54 Å². The molecule has 1 aliphatic heterocycles. The maximum Gasteiger partial charge on any atom is 0.220 e. The average Bonchev–Trinajstić information content (AvgIpc) is 2.73. The standard InChI is InChI=1S/C22H37N5O2.HI/c1-3-24-22(26(2)17-18-29-20-9-5-4-6-10-20)25-13-7-8-14-27-15-11-19(12-16-27)21(23)28;/h4-6,9-10,19H,3,7-8,11-18H2,1-2H3,(H2,23,28)(H,24,25);1H. The minimum absolute atomic E-state index is 0. The Kier molecular flexibility index (Phi) is 13.5. The van der Waals surface area contributed by atoms with E-state index in [4.69, 9.17) is 15.5 Å². The zero-order valence-electron chi connectivity index (χ0n) is 18.4. The number of likely N-dealkylation sites (tertiary alicyclic amines) is 1. The SMILES string of the molecule is CCNC(=NCCCCN1CCC(C(N)=O)CC1)N(C)CCOc1ccccc1.I. The fraction of sp³-hybridized carbons (Fsp3) is 0.636. The van der Waals surface area contributed by atoms with Crippen molar-refractivity contribution in [2.24, 2.45) is 16.6 Å². The molecule has 1 saturated heterocycles. The summed E-state index contributed by atoms with van der Waals surface area (Å²) in [5.41, 5.74) is 5.40. The monoisotopic (exact) mass is 531 g/mol. The van der Waals surface area contributed by atoms with Crippen LogP contribution in [0, 0.1) is 5.92 Å². The number of piperidine rings is 1. The highest BCUT2D eigenvalue weighted by Crippen LogP contribution is 2.16. The number of hydrogen-bond donors (Lipinski definition) is 2. The van der Waals surface area contributed by atoms with E-state index in [0.717, 1.165) is 76.7 Å². The van der Waals surface area contributed by atoms with E-state index in [1.54, 1.807) is 0 Å². The molecule has 0 aromatic heterocycles. The van der Waals surface area contributed by atoms with Crippen LogP contribution in [-0.4, -0.2) is 74.6 Å². The van der Waals surface area contributed by atoms with Crippen molar-refractivity contribution in [3.05, 3.63) is 30.3 Å². The van der Waals surface area contributed by atoms with E-state index >= 15 is 0 Å². The Morgan fingerprint density at radius 1 is 1.27 bits per heavy atom. The highest BCUT2D eigenvalue weighted by molar-refractivity contribution is 14.0. The average molecular weight is 531 g/mol. The van der Waals surface area contributed by atoms with Gasteiger partial charge in [0.1, 0.15) is 12.4 Å². The van der Waals surface area contributed by atoms with Crippen molar-refractivity contribution in [1.29, 1.82) is 0 Å². The molecule has 0 saturated carbocycles. The van der Waals surface area contributed by atoms with E-state index in [1.165, 1.54) is 0 Å². The van der Waals surface area contributed by atoms with Crippen LogP contribution in [0.25, 0.3) is 0 Å². The maximum atomic E-state index is 11.2. The molecule has 1 aromatic carbocycles. The first-order valence-electron chi connectivity index (χ1n) is 10.8. The molecule has 30 heavy (non-hydrogen) atoms. The van der Waals surface area contributed by atoms with Gasteiger partial charge in [-0.05, 0) is 64.4 Å². The number of nitrogens with one attached hydrogen (secondary N) is 1. The predicted molar refractivity (Wildman–Crippen MR) is 134 cm³/mol. The number of hydrogen-bond acceptors (Lipinski definition) is 4. The van der Waals surface area contributed by atoms with Gasteiger partial charge in [-0.3, -0.25) is 9.79 Å². The van der Waals surface area contributed by atoms with Crippen LogP contribution in [0.4, 0.5) is 0 Å². The molecule has 7 nitrogen and oxygen atoms in total. The number of amides is 1. The number of benzene rings is 1. The Balaban J connectivity index is 0.00000450. The summed E-state index contributed by atoms with van der Waals surface area (Å²) in [6.45, 7) is 8.15. The summed E-state index contributed by atoms with van der Waals surface area (Å²) in [6, 6.07) is 9.87. The van der Waals surface area contributed by atoms with Crippen LogP contribution in [0.15, 0.2) is 35.3 Å². The summed E-state index contributed by atoms with van der Waals surface area (Å²) in [6.07, 6.45) is 3.96. The van der Waals surface area contributed by atoms with Gasteiger partial charge in [0, 0.05) is 26.1 Å². The summed E-state index contributed by atoms with van der Waals surface area (Å²) < 4.78 is 5.78. The summed E-state index contributed by atoms with van der Waals surface area (Å²) in [5, 5.41) is 3.35. The third kappa shape index (κ3) is 9.97. The molecule has 1 heterocycles. The molecule has 8 heteroatoms. The van der Waals surface area contributed by atoms with Crippen LogP contribution in [0.5, 0.6) is 5.75 Å². The van der Waals surface area contributed by atoms with Crippen molar-refractivity contribution in [1.82, 2.24) is 15.1 Å². The van der Waals surface area contributed by atoms with Gasteiger partial charge in [-0.25, -0.2) is 0 Å². The van der Waals surface area contributed by atoms with E-state index in [-0.39, 0.29) is 35.8 Å². The smallest absolute Gasteiger partial charge is 0.220 e. The third-order valence-corrected chi connectivity index (χ3v) is 5.27. The van der Waals surface area contributed by atoms with Gasteiger partial charge in [0.25, 0.3) is 0 Å². The first-order valence-corrected chi connectivity index (χ1v) is 10.8. The molecule has 170 valence electrons. The molecule has 0 atom stereocenters. The molecule has 0 radical (unpaired) electrons. The second kappa shape index (κ2) is 15.3. The van der Waals surface area contributed by atoms with E-state index in [2.05, 4.69) is 22.0 Å². The van der Waals surface area contributed by atoms with Crippen LogP contribution in [0.1, 0.15) is 32.6 Å². The lowest BCUT2D eigenvalue weighted by Crippen LogP contribution is -2.41. The Morgan fingerprint density at radius 2 is 1.97 bits per heavy atom. The topological polar surface area (TPSA) is 83.2 Å². The lowest BCUT2D eigenvalue weighted by Gasteiger charge is -2.30. The fourth-order valence-electron chi connectivity index (χ4n) is 3.47. The van der Waals surface area contributed by atoms with E-state index in [9.17, 15) is 4.79 Å². The molecule has 1 aliphatic rings. The molecule has 0 unspecified atom stereocenters. The zero-order chi connectivity index (χ0) is 20.9. The van der Waals surface area contributed by atoms with Gasteiger partial charge in [-0.2, -0.15) is 0 Å². The van der Waals surface area contributed by atoms with Gasteiger partial charge in [-0.1, -0.05) is 18.2 Å². The van der Waals surface area contributed by atoms with Crippen LogP contribution < -0.4 is 15.8 Å². The van der Waals surface area contributed by atoms with E-state index in [0.29, 0.717) is 6.61 Å². The lowest BCUT2D eigenvalue weighted by atomic mass is 9.96. The predicted octanol–water partition coefficient (Wildman–Crippen LogP) is 2.56. The van der Waals surface area contributed by atoms with Gasteiger partial charge in [0.15, 0.2) is 5.96 Å². The molecular formula is C22H38IN5O2. The quantitative estimate of drug-likeness (QED) is 0.199. The van der Waals surface area contributed by atoms with Crippen LogP contribution in [0.3, 0.4) is 0 Å². The second-order valence-electron chi connectivity index (χ2n) is 7.54.